The molecule has 0 saturated carbocycles. The van der Waals surface area contributed by atoms with Crippen LogP contribution in [-0.4, -0.2) is 19.8 Å². The maximum atomic E-state index is 11.3. The molecular weight excluding hydrogens is 278 g/mol. The second-order valence-electron chi connectivity index (χ2n) is 3.20. The fourth-order valence-electron chi connectivity index (χ4n) is 1.42. The first-order valence-electron chi connectivity index (χ1n) is 4.60. The molecule has 1 heterocycles. The maximum absolute atomic E-state index is 11.3. The Morgan fingerprint density at radius 3 is 2.88 bits per heavy atom. The summed E-state index contributed by atoms with van der Waals surface area (Å²) < 4.78 is 11.2. The van der Waals surface area contributed by atoms with Crippen molar-refractivity contribution in [2.24, 2.45) is 0 Å². The van der Waals surface area contributed by atoms with Crippen LogP contribution in [0.2, 0.25) is 0 Å². The van der Waals surface area contributed by atoms with Crippen molar-refractivity contribution < 1.29 is 19.1 Å². The number of hydroxylamine groups is 1. The number of halogens is 1. The van der Waals surface area contributed by atoms with E-state index in [2.05, 4.69) is 26.2 Å². The monoisotopic (exact) mass is 287 g/mol. The quantitative estimate of drug-likeness (QED) is 0.854. The summed E-state index contributed by atoms with van der Waals surface area (Å²) in [6, 6.07) is 3.57. The third kappa shape index (κ3) is 2.28. The fraction of sp³-hybridized carbons (Fsp3) is 0.300. The van der Waals surface area contributed by atoms with Crippen molar-refractivity contribution >= 4 is 21.8 Å². The molecule has 0 aliphatic carbocycles. The Kier molecular flexibility index (Phi) is 3.31. The highest BCUT2D eigenvalue weighted by molar-refractivity contribution is 9.10. The summed E-state index contributed by atoms with van der Waals surface area (Å²) in [4.78, 5) is 15.9. The zero-order valence-electron chi connectivity index (χ0n) is 8.58. The number of carbonyl (C=O) groups excluding carboxylic acids is 1. The highest BCUT2D eigenvalue weighted by atomic mass is 79.9. The number of hydrogen-bond acceptors (Lipinski definition) is 4. The number of rotatable bonds is 3. The predicted octanol–water partition coefficient (Wildman–Crippen LogP) is 1.40. The van der Waals surface area contributed by atoms with Crippen molar-refractivity contribution in [3.63, 3.8) is 0 Å². The number of carbonyl (C=O) groups is 1. The highest BCUT2D eigenvalue weighted by Crippen LogP contribution is 2.36. The molecule has 0 atom stereocenters. The van der Waals surface area contributed by atoms with Gasteiger partial charge in [-0.2, -0.15) is 0 Å². The molecule has 1 N–H and O–H groups in total. The fourth-order valence-corrected chi connectivity index (χ4v) is 1.88. The summed E-state index contributed by atoms with van der Waals surface area (Å²) in [5, 5.41) is 0. The van der Waals surface area contributed by atoms with Crippen LogP contribution in [0.25, 0.3) is 0 Å². The maximum Gasteiger partial charge on any atom is 0.247 e. The topological polar surface area (TPSA) is 56.8 Å². The molecule has 1 amide bonds. The average Bonchev–Trinajstić information content (AvgIpc) is 2.65. The average molecular weight is 288 g/mol. The van der Waals surface area contributed by atoms with E-state index in [0.29, 0.717) is 11.5 Å². The van der Waals surface area contributed by atoms with Crippen molar-refractivity contribution in [2.75, 3.05) is 13.9 Å². The predicted molar refractivity (Wildman–Crippen MR) is 59.1 cm³/mol. The lowest BCUT2D eigenvalue weighted by Gasteiger charge is -2.06. The van der Waals surface area contributed by atoms with E-state index in [1.54, 1.807) is 12.1 Å². The molecule has 0 fully saturated rings. The number of amides is 1. The van der Waals surface area contributed by atoms with E-state index in [9.17, 15) is 4.79 Å². The van der Waals surface area contributed by atoms with Gasteiger partial charge in [-0.25, -0.2) is 5.48 Å². The van der Waals surface area contributed by atoms with Gasteiger partial charge in [0.1, 0.15) is 0 Å². The van der Waals surface area contributed by atoms with Gasteiger partial charge in [0.25, 0.3) is 0 Å². The van der Waals surface area contributed by atoms with Crippen molar-refractivity contribution in [3.8, 4) is 11.5 Å². The second kappa shape index (κ2) is 4.71. The molecule has 0 saturated heterocycles. The summed E-state index contributed by atoms with van der Waals surface area (Å²) in [7, 11) is 1.40. The summed E-state index contributed by atoms with van der Waals surface area (Å²) in [5.74, 6) is 1.12. The van der Waals surface area contributed by atoms with E-state index >= 15 is 0 Å². The molecule has 5 nitrogen and oxygen atoms in total. The van der Waals surface area contributed by atoms with Gasteiger partial charge in [0.15, 0.2) is 11.5 Å². The number of hydrogen-bond donors (Lipinski definition) is 1. The van der Waals surface area contributed by atoms with Crippen LogP contribution in [0, 0.1) is 0 Å². The van der Waals surface area contributed by atoms with Gasteiger partial charge in [0.2, 0.25) is 12.7 Å². The lowest BCUT2D eigenvalue weighted by molar-refractivity contribution is -0.130. The Morgan fingerprint density at radius 2 is 2.19 bits per heavy atom. The third-order valence-electron chi connectivity index (χ3n) is 2.11. The normalized spacial score (nSPS) is 12.6. The number of fused-ring (bicyclic) bond motifs is 1. The van der Waals surface area contributed by atoms with E-state index in [-0.39, 0.29) is 19.1 Å². The third-order valence-corrected chi connectivity index (χ3v) is 2.85. The first kappa shape index (κ1) is 11.2. The number of ether oxygens (including phenoxy) is 2. The first-order chi connectivity index (χ1) is 7.70. The Hall–Kier alpha value is -1.27. The summed E-state index contributed by atoms with van der Waals surface area (Å²) in [6.45, 7) is 0.218. The number of benzene rings is 1. The molecular formula is C10H10BrNO4. The summed E-state index contributed by atoms with van der Waals surface area (Å²) in [5.41, 5.74) is 3.08. The van der Waals surface area contributed by atoms with Crippen molar-refractivity contribution in [2.45, 2.75) is 6.42 Å². The molecule has 16 heavy (non-hydrogen) atoms. The smallest absolute Gasteiger partial charge is 0.247 e. The minimum absolute atomic E-state index is 0.213. The molecule has 0 aromatic heterocycles. The molecule has 0 unspecified atom stereocenters. The first-order valence-corrected chi connectivity index (χ1v) is 5.40. The van der Waals surface area contributed by atoms with Gasteiger partial charge in [-0.05, 0) is 17.7 Å². The molecule has 2 rings (SSSR count). The van der Waals surface area contributed by atoms with E-state index < -0.39 is 0 Å². The SMILES string of the molecule is CONC(=O)Cc1cc2c(cc1Br)OCO2. The van der Waals surface area contributed by atoms with Gasteiger partial charge < -0.3 is 9.47 Å². The van der Waals surface area contributed by atoms with Gasteiger partial charge in [-0.3, -0.25) is 9.63 Å². The lowest BCUT2D eigenvalue weighted by atomic mass is 10.1. The summed E-state index contributed by atoms with van der Waals surface area (Å²) in [6.07, 6.45) is 0.213. The second-order valence-corrected chi connectivity index (χ2v) is 4.06. The molecule has 1 aliphatic heterocycles. The minimum atomic E-state index is -0.220. The molecule has 1 aromatic rings. The molecule has 0 radical (unpaired) electrons. The van der Waals surface area contributed by atoms with Crippen LogP contribution in [-0.2, 0) is 16.1 Å². The highest BCUT2D eigenvalue weighted by Gasteiger charge is 2.17. The van der Waals surface area contributed by atoms with E-state index in [1.807, 2.05) is 0 Å². The lowest BCUT2D eigenvalue weighted by Crippen LogP contribution is -2.23. The molecule has 1 aliphatic rings. The van der Waals surface area contributed by atoms with Crippen LogP contribution in [0.15, 0.2) is 16.6 Å². The van der Waals surface area contributed by atoms with Crippen LogP contribution >= 0.6 is 15.9 Å². The zero-order chi connectivity index (χ0) is 11.5. The minimum Gasteiger partial charge on any atom is -0.454 e. The Balaban J connectivity index is 2.18. The Labute approximate surface area is 101 Å². The van der Waals surface area contributed by atoms with Gasteiger partial charge in [0, 0.05) is 4.47 Å². The molecule has 1 aromatic carbocycles. The molecule has 6 heteroatoms. The van der Waals surface area contributed by atoms with Gasteiger partial charge in [0.05, 0.1) is 13.5 Å². The van der Waals surface area contributed by atoms with Crippen LogP contribution in [0.4, 0.5) is 0 Å². The van der Waals surface area contributed by atoms with Gasteiger partial charge >= 0.3 is 0 Å². The summed E-state index contributed by atoms with van der Waals surface area (Å²) >= 11 is 3.37. The standard InChI is InChI=1S/C10H10BrNO4/c1-14-12-10(13)3-6-2-8-9(4-7(6)11)16-5-15-8/h2,4H,3,5H2,1H3,(H,12,13). The van der Waals surface area contributed by atoms with E-state index in [4.69, 9.17) is 9.47 Å². The Bertz CT molecular complexity index is 422. The van der Waals surface area contributed by atoms with Crippen LogP contribution in [0.3, 0.4) is 0 Å². The van der Waals surface area contributed by atoms with Crippen molar-refractivity contribution in [1.29, 1.82) is 0 Å². The van der Waals surface area contributed by atoms with Gasteiger partial charge in [-0.15, -0.1) is 0 Å². The van der Waals surface area contributed by atoms with E-state index in [1.165, 1.54) is 7.11 Å². The van der Waals surface area contributed by atoms with Crippen LogP contribution in [0.5, 0.6) is 11.5 Å². The number of nitrogens with one attached hydrogen (secondary N) is 1. The Morgan fingerprint density at radius 1 is 1.50 bits per heavy atom. The van der Waals surface area contributed by atoms with Crippen molar-refractivity contribution in [1.82, 2.24) is 5.48 Å². The molecule has 86 valence electrons. The van der Waals surface area contributed by atoms with Crippen molar-refractivity contribution in [3.05, 3.63) is 22.2 Å². The zero-order valence-corrected chi connectivity index (χ0v) is 10.2. The van der Waals surface area contributed by atoms with Gasteiger partial charge in [-0.1, -0.05) is 15.9 Å². The van der Waals surface area contributed by atoms with Crippen LogP contribution in [0.1, 0.15) is 5.56 Å². The molecule has 0 bridgehead atoms. The van der Waals surface area contributed by atoms with Crippen LogP contribution < -0.4 is 15.0 Å². The largest absolute Gasteiger partial charge is 0.454 e. The van der Waals surface area contributed by atoms with E-state index in [0.717, 1.165) is 10.0 Å². The molecule has 0 spiro atoms.